The molecule has 1 aromatic carbocycles. The average molecular weight is 394 g/mol. The van der Waals surface area contributed by atoms with Crippen LogP contribution in [0.4, 0.5) is 5.69 Å². The quantitative estimate of drug-likeness (QED) is 0.347. The summed E-state index contributed by atoms with van der Waals surface area (Å²) in [5.41, 5.74) is 8.18. The zero-order chi connectivity index (χ0) is 21.4. The lowest BCUT2D eigenvalue weighted by molar-refractivity contribution is -0.144. The van der Waals surface area contributed by atoms with Crippen LogP contribution in [0.2, 0.25) is 0 Å². The second kappa shape index (κ2) is 10.4. The van der Waals surface area contributed by atoms with Crippen LogP contribution in [0, 0.1) is 11.8 Å². The van der Waals surface area contributed by atoms with E-state index in [1.807, 2.05) is 19.1 Å². The first kappa shape index (κ1) is 22.1. The number of carbonyl (C=O) groups is 3. The van der Waals surface area contributed by atoms with Gasteiger partial charge < -0.3 is 10.5 Å². The Labute approximate surface area is 171 Å². The van der Waals surface area contributed by atoms with Gasteiger partial charge in [-0.05, 0) is 44.9 Å². The maximum absolute atomic E-state index is 12.7. The highest BCUT2D eigenvalue weighted by molar-refractivity contribution is 6.24. The zero-order valence-electron chi connectivity index (χ0n) is 17.0. The Morgan fingerprint density at radius 3 is 2.62 bits per heavy atom. The Morgan fingerprint density at radius 2 is 2.00 bits per heavy atom. The summed E-state index contributed by atoms with van der Waals surface area (Å²) in [7, 11) is 0. The molecule has 1 aromatic rings. The maximum atomic E-state index is 12.7. The van der Waals surface area contributed by atoms with Crippen molar-refractivity contribution in [2.45, 2.75) is 46.1 Å². The fourth-order valence-electron chi connectivity index (χ4n) is 2.87. The number of allylic oxidation sites excluding steroid dienone is 2. The zero-order valence-corrected chi connectivity index (χ0v) is 17.0. The molecule has 0 radical (unpaired) electrons. The van der Waals surface area contributed by atoms with Crippen LogP contribution >= 0.6 is 0 Å². The number of benzene rings is 1. The lowest BCUT2D eigenvalue weighted by atomic mass is 9.99. The van der Waals surface area contributed by atoms with Crippen LogP contribution in [-0.4, -0.2) is 30.4 Å². The minimum atomic E-state index is -0.757. The molecule has 0 bridgehead atoms. The normalized spacial score (nSPS) is 15.4. The van der Waals surface area contributed by atoms with Gasteiger partial charge in [0.15, 0.2) is 0 Å². The van der Waals surface area contributed by atoms with E-state index in [1.54, 1.807) is 38.1 Å². The van der Waals surface area contributed by atoms with Crippen LogP contribution in [0.15, 0.2) is 47.6 Å². The van der Waals surface area contributed by atoms with Crippen LogP contribution in [0.25, 0.3) is 0 Å². The van der Waals surface area contributed by atoms with Gasteiger partial charge in [-0.25, -0.2) is 4.90 Å². The van der Waals surface area contributed by atoms with Crippen molar-refractivity contribution >= 4 is 23.5 Å². The number of hydrogen-bond donors (Lipinski definition) is 1. The van der Waals surface area contributed by atoms with E-state index in [4.69, 9.17) is 10.5 Å². The molecule has 2 amide bonds. The molecule has 0 aliphatic carbocycles. The summed E-state index contributed by atoms with van der Waals surface area (Å²) in [6, 6.07) is 6.10. The minimum absolute atomic E-state index is 0.0932. The van der Waals surface area contributed by atoms with E-state index < -0.39 is 12.0 Å². The predicted octanol–water partition coefficient (Wildman–Crippen LogP) is 2.67. The van der Waals surface area contributed by atoms with Crippen molar-refractivity contribution < 1.29 is 19.1 Å². The van der Waals surface area contributed by atoms with Crippen LogP contribution < -0.4 is 10.6 Å². The van der Waals surface area contributed by atoms with E-state index in [0.717, 1.165) is 5.56 Å². The first-order chi connectivity index (χ1) is 13.9. The molecule has 152 valence electrons. The number of nitrogens with zero attached hydrogens (tertiary/aromatic N) is 1. The Bertz CT molecular complexity index is 901. The molecule has 0 fully saturated rings. The van der Waals surface area contributed by atoms with Gasteiger partial charge in [-0.3, -0.25) is 14.4 Å². The van der Waals surface area contributed by atoms with Gasteiger partial charge in [0.25, 0.3) is 5.91 Å². The van der Waals surface area contributed by atoms with Crippen molar-refractivity contribution in [2.75, 3.05) is 11.5 Å². The molecule has 6 heteroatoms. The lowest BCUT2D eigenvalue weighted by Gasteiger charge is -2.26. The number of rotatable bonds is 6. The van der Waals surface area contributed by atoms with E-state index in [0.29, 0.717) is 29.7 Å². The SMILES string of the molecule is C/C=C/CC#CC1=C(C)C(=O)N(c2ccc(CC(N)C(=O)OCC)cc2)C(=O)C1. The van der Waals surface area contributed by atoms with E-state index in [9.17, 15) is 14.4 Å². The Morgan fingerprint density at radius 1 is 1.31 bits per heavy atom. The molecule has 1 aliphatic rings. The molecule has 0 aromatic heterocycles. The van der Waals surface area contributed by atoms with Crippen LogP contribution in [0.1, 0.15) is 39.2 Å². The molecule has 29 heavy (non-hydrogen) atoms. The van der Waals surface area contributed by atoms with Crippen molar-refractivity contribution in [3.8, 4) is 11.8 Å². The summed E-state index contributed by atoms with van der Waals surface area (Å²) in [5, 5.41) is 0. The number of nitrogens with two attached hydrogens (primary N) is 1. The molecule has 6 nitrogen and oxygen atoms in total. The first-order valence-corrected chi connectivity index (χ1v) is 9.57. The van der Waals surface area contributed by atoms with Crippen molar-refractivity contribution in [3.05, 3.63) is 53.1 Å². The van der Waals surface area contributed by atoms with E-state index >= 15 is 0 Å². The van der Waals surface area contributed by atoms with E-state index in [-0.39, 0.29) is 24.8 Å². The summed E-state index contributed by atoms with van der Waals surface area (Å²) in [6.07, 6.45) is 4.80. The molecule has 0 spiro atoms. The molecular formula is C23H26N2O4. The highest BCUT2D eigenvalue weighted by atomic mass is 16.5. The summed E-state index contributed by atoms with van der Waals surface area (Å²) in [4.78, 5) is 38.2. The predicted molar refractivity (Wildman–Crippen MR) is 112 cm³/mol. The first-order valence-electron chi connectivity index (χ1n) is 9.57. The van der Waals surface area contributed by atoms with Crippen molar-refractivity contribution in [1.82, 2.24) is 0 Å². The number of esters is 1. The number of ether oxygens (including phenoxy) is 1. The Balaban J connectivity index is 2.15. The minimum Gasteiger partial charge on any atom is -0.465 e. The van der Waals surface area contributed by atoms with Gasteiger partial charge in [-0.2, -0.15) is 0 Å². The van der Waals surface area contributed by atoms with Gasteiger partial charge in [0.2, 0.25) is 5.91 Å². The fourth-order valence-corrected chi connectivity index (χ4v) is 2.87. The number of anilines is 1. The van der Waals surface area contributed by atoms with E-state index in [2.05, 4.69) is 11.8 Å². The molecule has 1 aliphatic heterocycles. The van der Waals surface area contributed by atoms with E-state index in [1.165, 1.54) is 4.90 Å². The third-order valence-electron chi connectivity index (χ3n) is 4.49. The summed E-state index contributed by atoms with van der Waals surface area (Å²) in [5.74, 6) is 4.76. The number of amides is 2. The van der Waals surface area contributed by atoms with Gasteiger partial charge in [0.1, 0.15) is 6.04 Å². The number of imide groups is 1. The molecule has 2 rings (SSSR count). The van der Waals surface area contributed by atoms with Gasteiger partial charge in [-0.15, -0.1) is 0 Å². The number of carbonyl (C=O) groups excluding carboxylic acids is 3. The molecule has 0 saturated heterocycles. The van der Waals surface area contributed by atoms with Crippen LogP contribution in [0.3, 0.4) is 0 Å². The third-order valence-corrected chi connectivity index (χ3v) is 4.49. The lowest BCUT2D eigenvalue weighted by Crippen LogP contribution is -2.41. The second-order valence-corrected chi connectivity index (χ2v) is 6.62. The second-order valence-electron chi connectivity index (χ2n) is 6.62. The Kier molecular flexibility index (Phi) is 7.93. The van der Waals surface area contributed by atoms with Gasteiger partial charge in [0, 0.05) is 17.6 Å². The molecular weight excluding hydrogens is 368 g/mol. The van der Waals surface area contributed by atoms with Gasteiger partial charge in [0.05, 0.1) is 18.7 Å². The summed E-state index contributed by atoms with van der Waals surface area (Å²) < 4.78 is 4.90. The van der Waals surface area contributed by atoms with Gasteiger partial charge >= 0.3 is 5.97 Å². The fraction of sp³-hybridized carbons (Fsp3) is 0.348. The molecule has 1 atom stereocenters. The highest BCUT2D eigenvalue weighted by Crippen LogP contribution is 2.26. The maximum Gasteiger partial charge on any atom is 0.323 e. The number of hydrogen-bond acceptors (Lipinski definition) is 5. The van der Waals surface area contributed by atoms with Crippen molar-refractivity contribution in [3.63, 3.8) is 0 Å². The third kappa shape index (κ3) is 5.66. The molecule has 1 unspecified atom stereocenters. The van der Waals surface area contributed by atoms with Gasteiger partial charge in [-0.1, -0.05) is 36.1 Å². The molecule has 2 N–H and O–H groups in total. The standard InChI is InChI=1S/C23H26N2O4/c1-4-6-7-8-9-18-15-21(26)25(22(27)16(18)3)19-12-10-17(11-13-19)14-20(24)23(28)29-5-2/h4,6,10-13,20H,5,7,14-15,24H2,1-3H3/b6-4+. The average Bonchev–Trinajstić information content (AvgIpc) is 2.70. The summed E-state index contributed by atoms with van der Waals surface area (Å²) in [6.45, 7) is 5.60. The molecule has 1 heterocycles. The smallest absolute Gasteiger partial charge is 0.323 e. The van der Waals surface area contributed by atoms with Crippen molar-refractivity contribution in [2.24, 2.45) is 5.73 Å². The largest absolute Gasteiger partial charge is 0.465 e. The summed E-state index contributed by atoms with van der Waals surface area (Å²) >= 11 is 0. The van der Waals surface area contributed by atoms with Crippen LogP contribution in [0.5, 0.6) is 0 Å². The monoisotopic (exact) mass is 394 g/mol. The topological polar surface area (TPSA) is 89.7 Å². The van der Waals surface area contributed by atoms with Crippen LogP contribution in [-0.2, 0) is 25.5 Å². The Hall–Kier alpha value is -3.17. The van der Waals surface area contributed by atoms with Crippen molar-refractivity contribution in [1.29, 1.82) is 0 Å². The molecule has 0 saturated carbocycles. The highest BCUT2D eigenvalue weighted by Gasteiger charge is 2.31.